The van der Waals surface area contributed by atoms with E-state index in [4.69, 9.17) is 16.3 Å². The molecule has 3 rings (SSSR count). The van der Waals surface area contributed by atoms with Crippen LogP contribution in [0, 0.1) is 0 Å². The topological polar surface area (TPSA) is 90.3 Å². The van der Waals surface area contributed by atoms with Crippen LogP contribution in [0.2, 0.25) is 5.02 Å². The SMILES string of the molecule is C=Cc1ccc(NS(=O)(=O)c2cnn(-c3ccc(Cl)cc3)c2)c(CC(=O)OC)c1. The number of hydrogen-bond donors (Lipinski definition) is 1. The molecule has 0 saturated heterocycles. The van der Waals surface area contributed by atoms with Gasteiger partial charge in [-0.25, -0.2) is 13.1 Å². The van der Waals surface area contributed by atoms with Gasteiger partial charge < -0.3 is 4.74 Å². The van der Waals surface area contributed by atoms with Crippen LogP contribution < -0.4 is 4.72 Å². The Balaban J connectivity index is 1.90. The average molecular weight is 432 g/mol. The lowest BCUT2D eigenvalue weighted by Crippen LogP contribution is -2.15. The number of hydrogen-bond acceptors (Lipinski definition) is 5. The lowest BCUT2D eigenvalue weighted by molar-refractivity contribution is -0.139. The van der Waals surface area contributed by atoms with Crippen LogP contribution in [0.5, 0.6) is 0 Å². The number of methoxy groups -OCH3 is 1. The molecule has 0 aliphatic carbocycles. The van der Waals surface area contributed by atoms with Crippen molar-refractivity contribution in [3.63, 3.8) is 0 Å². The van der Waals surface area contributed by atoms with Gasteiger partial charge in [0.05, 0.1) is 37.3 Å². The summed E-state index contributed by atoms with van der Waals surface area (Å²) in [4.78, 5) is 11.7. The van der Waals surface area contributed by atoms with Gasteiger partial charge in [-0.2, -0.15) is 5.10 Å². The third-order valence-corrected chi connectivity index (χ3v) is 5.70. The van der Waals surface area contributed by atoms with Gasteiger partial charge in [-0.3, -0.25) is 9.52 Å². The molecule has 0 aliphatic heterocycles. The minimum atomic E-state index is -3.93. The number of rotatable bonds is 7. The van der Waals surface area contributed by atoms with E-state index < -0.39 is 16.0 Å². The maximum atomic E-state index is 12.8. The fourth-order valence-corrected chi connectivity index (χ4v) is 3.75. The van der Waals surface area contributed by atoms with Gasteiger partial charge in [0.25, 0.3) is 10.0 Å². The number of nitrogens with one attached hydrogen (secondary N) is 1. The maximum Gasteiger partial charge on any atom is 0.310 e. The van der Waals surface area contributed by atoms with Crippen molar-refractivity contribution in [2.24, 2.45) is 0 Å². The summed E-state index contributed by atoms with van der Waals surface area (Å²) in [5.74, 6) is -0.484. The molecule has 1 N–H and O–H groups in total. The summed E-state index contributed by atoms with van der Waals surface area (Å²) in [6.45, 7) is 3.69. The summed E-state index contributed by atoms with van der Waals surface area (Å²) >= 11 is 5.88. The first kappa shape index (κ1) is 20.6. The first-order chi connectivity index (χ1) is 13.8. The molecule has 150 valence electrons. The summed E-state index contributed by atoms with van der Waals surface area (Å²) in [6, 6.07) is 11.8. The van der Waals surface area contributed by atoms with Crippen LogP contribution in [-0.4, -0.2) is 31.3 Å². The Bertz CT molecular complexity index is 1150. The van der Waals surface area contributed by atoms with Gasteiger partial charge in [-0.05, 0) is 47.5 Å². The molecule has 29 heavy (non-hydrogen) atoms. The Labute approximate surface area is 173 Å². The third kappa shape index (κ3) is 4.85. The monoisotopic (exact) mass is 431 g/mol. The summed E-state index contributed by atoms with van der Waals surface area (Å²) in [5.41, 5.74) is 2.17. The van der Waals surface area contributed by atoms with Crippen LogP contribution >= 0.6 is 11.6 Å². The van der Waals surface area contributed by atoms with Gasteiger partial charge >= 0.3 is 5.97 Å². The number of ether oxygens (including phenoxy) is 1. The second-order valence-electron chi connectivity index (χ2n) is 6.08. The van der Waals surface area contributed by atoms with Crippen LogP contribution in [0.4, 0.5) is 5.69 Å². The number of esters is 1. The summed E-state index contributed by atoms with van der Waals surface area (Å²) in [6.07, 6.45) is 4.16. The van der Waals surface area contributed by atoms with Crippen LogP contribution in [-0.2, 0) is 26.0 Å². The number of benzene rings is 2. The molecule has 3 aromatic rings. The summed E-state index contributed by atoms with van der Waals surface area (Å²) < 4.78 is 34.3. The van der Waals surface area contributed by atoms with Crippen LogP contribution in [0.15, 0.2) is 66.3 Å². The molecule has 2 aromatic carbocycles. The highest BCUT2D eigenvalue weighted by atomic mass is 35.5. The molecule has 0 aliphatic rings. The molecule has 0 saturated carbocycles. The molecular formula is C20H18ClN3O4S. The quantitative estimate of drug-likeness (QED) is 0.576. The fraction of sp³-hybridized carbons (Fsp3) is 0.100. The second-order valence-corrected chi connectivity index (χ2v) is 8.19. The highest BCUT2D eigenvalue weighted by Gasteiger charge is 2.20. The van der Waals surface area contributed by atoms with E-state index in [0.717, 1.165) is 5.56 Å². The Kier molecular flexibility index (Phi) is 6.05. The standard InChI is InChI=1S/C20H18ClN3O4S/c1-3-14-4-9-19(15(10-14)11-20(25)28-2)23-29(26,27)18-12-22-24(13-18)17-7-5-16(21)6-8-17/h3-10,12-13,23H,1,11H2,2H3. The van der Waals surface area contributed by atoms with Crippen molar-refractivity contribution in [2.45, 2.75) is 11.3 Å². The van der Waals surface area contributed by atoms with Crippen LogP contribution in [0.25, 0.3) is 11.8 Å². The fourth-order valence-electron chi connectivity index (χ4n) is 2.60. The minimum absolute atomic E-state index is 0.0238. The molecular weight excluding hydrogens is 414 g/mol. The van der Waals surface area contributed by atoms with Gasteiger partial charge in [-0.1, -0.05) is 30.3 Å². The molecule has 0 fully saturated rings. The van der Waals surface area contributed by atoms with Gasteiger partial charge in [0.15, 0.2) is 0 Å². The molecule has 1 heterocycles. The number of nitrogens with zero attached hydrogens (tertiary/aromatic N) is 2. The lowest BCUT2D eigenvalue weighted by Gasteiger charge is -2.12. The van der Waals surface area contributed by atoms with Gasteiger partial charge in [0.1, 0.15) is 4.90 Å². The van der Waals surface area contributed by atoms with E-state index in [0.29, 0.717) is 16.3 Å². The minimum Gasteiger partial charge on any atom is -0.469 e. The molecule has 0 atom stereocenters. The normalized spacial score (nSPS) is 11.1. The van der Waals surface area contributed by atoms with Crippen molar-refractivity contribution in [3.05, 3.63) is 77.6 Å². The van der Waals surface area contributed by atoms with Gasteiger partial charge in [0, 0.05) is 5.02 Å². The van der Waals surface area contributed by atoms with E-state index in [1.165, 1.54) is 24.2 Å². The van der Waals surface area contributed by atoms with Crippen molar-refractivity contribution in [1.82, 2.24) is 9.78 Å². The average Bonchev–Trinajstić information content (AvgIpc) is 3.21. The third-order valence-electron chi connectivity index (χ3n) is 4.13. The molecule has 9 heteroatoms. The number of sulfonamides is 1. The lowest BCUT2D eigenvalue weighted by atomic mass is 10.1. The first-order valence-electron chi connectivity index (χ1n) is 8.48. The highest BCUT2D eigenvalue weighted by Crippen LogP contribution is 2.23. The van der Waals surface area contributed by atoms with Crippen molar-refractivity contribution in [1.29, 1.82) is 0 Å². The Morgan fingerprint density at radius 1 is 1.28 bits per heavy atom. The predicted octanol–water partition coefficient (Wildman–Crippen LogP) is 3.69. The summed E-state index contributed by atoms with van der Waals surface area (Å²) in [7, 11) is -2.66. The van der Waals surface area contributed by atoms with E-state index in [1.807, 2.05) is 0 Å². The molecule has 0 bridgehead atoms. The molecule has 0 spiro atoms. The number of anilines is 1. The van der Waals surface area contributed by atoms with E-state index in [-0.39, 0.29) is 17.0 Å². The highest BCUT2D eigenvalue weighted by molar-refractivity contribution is 7.92. The molecule has 0 amide bonds. The molecule has 0 unspecified atom stereocenters. The van der Waals surface area contributed by atoms with Crippen molar-refractivity contribution in [2.75, 3.05) is 11.8 Å². The van der Waals surface area contributed by atoms with Crippen molar-refractivity contribution in [3.8, 4) is 5.69 Å². The number of aromatic nitrogens is 2. The molecule has 7 nitrogen and oxygen atoms in total. The van der Waals surface area contributed by atoms with E-state index >= 15 is 0 Å². The van der Waals surface area contributed by atoms with E-state index in [1.54, 1.807) is 48.5 Å². The number of halogens is 1. The number of carbonyl (C=O) groups excluding carboxylic acids is 1. The number of carbonyl (C=O) groups is 1. The largest absolute Gasteiger partial charge is 0.469 e. The van der Waals surface area contributed by atoms with Crippen molar-refractivity contribution < 1.29 is 17.9 Å². The Hall–Kier alpha value is -3.10. The van der Waals surface area contributed by atoms with E-state index in [9.17, 15) is 13.2 Å². The Morgan fingerprint density at radius 3 is 2.66 bits per heavy atom. The first-order valence-corrected chi connectivity index (χ1v) is 10.3. The van der Waals surface area contributed by atoms with Gasteiger partial charge in [0.2, 0.25) is 0 Å². The smallest absolute Gasteiger partial charge is 0.310 e. The maximum absolute atomic E-state index is 12.8. The van der Waals surface area contributed by atoms with Crippen LogP contribution in [0.1, 0.15) is 11.1 Å². The molecule has 0 radical (unpaired) electrons. The second kappa shape index (κ2) is 8.50. The summed E-state index contributed by atoms with van der Waals surface area (Å²) in [5, 5.41) is 4.67. The van der Waals surface area contributed by atoms with Crippen LogP contribution in [0.3, 0.4) is 0 Å². The van der Waals surface area contributed by atoms with E-state index in [2.05, 4.69) is 16.4 Å². The van der Waals surface area contributed by atoms with Gasteiger partial charge in [-0.15, -0.1) is 0 Å². The predicted molar refractivity (Wildman–Crippen MR) is 112 cm³/mol. The van der Waals surface area contributed by atoms with Crippen molar-refractivity contribution >= 4 is 39.4 Å². The molecule has 1 aromatic heterocycles. The zero-order valence-corrected chi connectivity index (χ0v) is 17.1. The zero-order chi connectivity index (χ0) is 21.0. The Morgan fingerprint density at radius 2 is 2.00 bits per heavy atom. The zero-order valence-electron chi connectivity index (χ0n) is 15.5.